The van der Waals surface area contributed by atoms with Gasteiger partial charge in [0.15, 0.2) is 0 Å². The van der Waals surface area contributed by atoms with Crippen molar-refractivity contribution in [2.75, 3.05) is 0 Å². The molecule has 1 heterocycles. The molecule has 2 aromatic rings. The van der Waals surface area contributed by atoms with E-state index in [4.69, 9.17) is 15.3 Å². The summed E-state index contributed by atoms with van der Waals surface area (Å²) in [7, 11) is 0. The van der Waals surface area contributed by atoms with Crippen molar-refractivity contribution in [1.29, 1.82) is 0 Å². The summed E-state index contributed by atoms with van der Waals surface area (Å²) in [5, 5.41) is 25.7. The molecule has 88 valence electrons. The van der Waals surface area contributed by atoms with E-state index < -0.39 is 5.09 Å². The van der Waals surface area contributed by atoms with Crippen molar-refractivity contribution in [3.05, 3.63) is 56.9 Å². The monoisotopic (exact) mass is 237 g/mol. The molecular formula is C9H7N3O5. The molecule has 0 radical (unpaired) electrons. The third-order valence-electron chi connectivity index (χ3n) is 1.85. The third kappa shape index (κ3) is 3.38. The van der Waals surface area contributed by atoms with Crippen LogP contribution >= 0.6 is 0 Å². The SMILES string of the molecule is O=[N+]([O-])O.O=[N+]([O-])c1cccc2cnccc12. The molecule has 0 aliphatic carbocycles. The standard InChI is InChI=1S/C9H6N2O2.HNO3/c12-11(13)9-3-1-2-7-6-10-5-4-8(7)9;2-1(3)4/h1-6H;(H,2,3,4). The highest BCUT2D eigenvalue weighted by molar-refractivity contribution is 5.89. The Hall–Kier alpha value is -2.77. The number of fused-ring (bicyclic) bond motifs is 1. The maximum absolute atomic E-state index is 10.6. The maximum atomic E-state index is 10.6. The van der Waals surface area contributed by atoms with Gasteiger partial charge < -0.3 is 5.21 Å². The Kier molecular flexibility index (Phi) is 3.87. The first-order valence-electron chi connectivity index (χ1n) is 4.33. The number of nitrogens with zero attached hydrogens (tertiary/aromatic N) is 3. The predicted molar refractivity (Wildman–Crippen MR) is 57.2 cm³/mol. The molecule has 17 heavy (non-hydrogen) atoms. The highest BCUT2D eigenvalue weighted by atomic mass is 16.9. The third-order valence-corrected chi connectivity index (χ3v) is 1.85. The number of pyridine rings is 1. The number of benzene rings is 1. The maximum Gasteiger partial charge on any atom is 0.291 e. The molecule has 0 aliphatic rings. The van der Waals surface area contributed by atoms with Crippen LogP contribution in [0.25, 0.3) is 10.8 Å². The van der Waals surface area contributed by atoms with Crippen LogP contribution in [0.15, 0.2) is 36.7 Å². The fourth-order valence-corrected chi connectivity index (χ4v) is 1.26. The zero-order valence-corrected chi connectivity index (χ0v) is 8.39. The number of aromatic nitrogens is 1. The minimum Gasteiger partial charge on any atom is -0.328 e. The van der Waals surface area contributed by atoms with E-state index in [0.29, 0.717) is 5.39 Å². The average Bonchev–Trinajstić information content (AvgIpc) is 2.27. The molecule has 0 aliphatic heterocycles. The molecular weight excluding hydrogens is 230 g/mol. The largest absolute Gasteiger partial charge is 0.328 e. The van der Waals surface area contributed by atoms with E-state index in [2.05, 4.69) is 4.98 Å². The first-order chi connectivity index (χ1) is 8.02. The fourth-order valence-electron chi connectivity index (χ4n) is 1.26. The summed E-state index contributed by atoms with van der Waals surface area (Å²) in [4.78, 5) is 22.5. The minimum atomic E-state index is -1.50. The van der Waals surface area contributed by atoms with Gasteiger partial charge >= 0.3 is 0 Å². The van der Waals surface area contributed by atoms with Gasteiger partial charge in [-0.2, -0.15) is 0 Å². The van der Waals surface area contributed by atoms with Crippen molar-refractivity contribution in [2.45, 2.75) is 0 Å². The van der Waals surface area contributed by atoms with E-state index in [1.165, 1.54) is 6.07 Å². The lowest BCUT2D eigenvalue weighted by atomic mass is 10.1. The summed E-state index contributed by atoms with van der Waals surface area (Å²) in [5.41, 5.74) is 0.125. The first kappa shape index (κ1) is 12.3. The van der Waals surface area contributed by atoms with Crippen LogP contribution in [0.5, 0.6) is 0 Å². The molecule has 8 heteroatoms. The number of hydrogen-bond acceptors (Lipinski definition) is 5. The van der Waals surface area contributed by atoms with Crippen LogP contribution in [-0.2, 0) is 0 Å². The van der Waals surface area contributed by atoms with E-state index in [1.54, 1.807) is 30.6 Å². The van der Waals surface area contributed by atoms with E-state index >= 15 is 0 Å². The molecule has 0 unspecified atom stereocenters. The Morgan fingerprint density at radius 2 is 1.82 bits per heavy atom. The lowest BCUT2D eigenvalue weighted by Crippen LogP contribution is -1.88. The van der Waals surface area contributed by atoms with E-state index in [0.717, 1.165) is 5.39 Å². The second kappa shape index (κ2) is 5.35. The first-order valence-corrected chi connectivity index (χ1v) is 4.33. The molecule has 2 rings (SSSR count). The molecule has 1 aromatic carbocycles. The van der Waals surface area contributed by atoms with Gasteiger partial charge in [0.2, 0.25) is 0 Å². The summed E-state index contributed by atoms with van der Waals surface area (Å²) in [6.07, 6.45) is 3.16. The van der Waals surface area contributed by atoms with E-state index in [1.807, 2.05) is 0 Å². The van der Waals surface area contributed by atoms with Gasteiger partial charge in [-0.3, -0.25) is 15.1 Å². The van der Waals surface area contributed by atoms with Gasteiger partial charge in [0.1, 0.15) is 0 Å². The zero-order chi connectivity index (χ0) is 12.8. The zero-order valence-electron chi connectivity index (χ0n) is 8.39. The van der Waals surface area contributed by atoms with Crippen molar-refractivity contribution >= 4 is 16.5 Å². The van der Waals surface area contributed by atoms with Gasteiger partial charge in [-0.15, -0.1) is 10.1 Å². The minimum absolute atomic E-state index is 0.125. The van der Waals surface area contributed by atoms with Crippen molar-refractivity contribution in [1.82, 2.24) is 4.98 Å². The molecule has 0 atom stereocenters. The van der Waals surface area contributed by atoms with Crippen LogP contribution in [0, 0.1) is 20.2 Å². The van der Waals surface area contributed by atoms with Gasteiger partial charge in [0, 0.05) is 23.8 Å². The lowest BCUT2D eigenvalue weighted by Gasteiger charge is -1.96. The lowest BCUT2D eigenvalue weighted by molar-refractivity contribution is -0.742. The Balaban J connectivity index is 0.000000317. The summed E-state index contributed by atoms with van der Waals surface area (Å²) in [6, 6.07) is 6.59. The second-order valence-corrected chi connectivity index (χ2v) is 2.87. The van der Waals surface area contributed by atoms with Gasteiger partial charge in [-0.1, -0.05) is 12.1 Å². The summed E-state index contributed by atoms with van der Waals surface area (Å²) in [5.74, 6) is 0. The Labute approximate surface area is 94.4 Å². The fraction of sp³-hybridized carbons (Fsp3) is 0. The normalized spacial score (nSPS) is 9.18. The molecule has 0 saturated carbocycles. The van der Waals surface area contributed by atoms with Crippen molar-refractivity contribution < 1.29 is 15.2 Å². The highest BCUT2D eigenvalue weighted by Gasteiger charge is 2.09. The predicted octanol–water partition coefficient (Wildman–Crippen LogP) is 1.80. The smallest absolute Gasteiger partial charge is 0.291 e. The Morgan fingerprint density at radius 1 is 1.18 bits per heavy atom. The molecule has 0 spiro atoms. The summed E-state index contributed by atoms with van der Waals surface area (Å²) in [6.45, 7) is 0. The highest BCUT2D eigenvalue weighted by Crippen LogP contribution is 2.23. The van der Waals surface area contributed by atoms with Gasteiger partial charge in [-0.05, 0) is 6.07 Å². The van der Waals surface area contributed by atoms with Crippen LogP contribution < -0.4 is 0 Å². The number of rotatable bonds is 1. The van der Waals surface area contributed by atoms with Crippen LogP contribution in [-0.4, -0.2) is 20.2 Å². The Morgan fingerprint density at radius 3 is 2.41 bits per heavy atom. The average molecular weight is 237 g/mol. The molecule has 0 bridgehead atoms. The molecule has 0 fully saturated rings. The van der Waals surface area contributed by atoms with Crippen LogP contribution in [0.1, 0.15) is 0 Å². The summed E-state index contributed by atoms with van der Waals surface area (Å²) < 4.78 is 0. The number of hydrogen-bond donors (Lipinski definition) is 1. The molecule has 0 saturated heterocycles. The molecule has 1 aromatic heterocycles. The number of nitro groups is 1. The van der Waals surface area contributed by atoms with E-state index in [9.17, 15) is 10.1 Å². The Bertz CT molecular complexity index is 548. The van der Waals surface area contributed by atoms with Crippen LogP contribution in [0.4, 0.5) is 5.69 Å². The van der Waals surface area contributed by atoms with Crippen LogP contribution in [0.2, 0.25) is 0 Å². The quantitative estimate of drug-likeness (QED) is 0.596. The topological polar surface area (TPSA) is 119 Å². The molecule has 1 N–H and O–H groups in total. The number of non-ortho nitro benzene ring substituents is 1. The van der Waals surface area contributed by atoms with Gasteiger partial charge in [0.05, 0.1) is 10.3 Å². The van der Waals surface area contributed by atoms with E-state index in [-0.39, 0.29) is 10.6 Å². The van der Waals surface area contributed by atoms with Crippen molar-refractivity contribution in [3.8, 4) is 0 Å². The number of nitro benzene ring substituents is 1. The van der Waals surface area contributed by atoms with Gasteiger partial charge in [0.25, 0.3) is 10.8 Å². The second-order valence-electron chi connectivity index (χ2n) is 2.87. The molecule has 0 amide bonds. The van der Waals surface area contributed by atoms with Crippen LogP contribution in [0.3, 0.4) is 0 Å². The van der Waals surface area contributed by atoms with Crippen molar-refractivity contribution in [2.24, 2.45) is 0 Å². The molecule has 8 nitrogen and oxygen atoms in total. The summed E-state index contributed by atoms with van der Waals surface area (Å²) >= 11 is 0. The van der Waals surface area contributed by atoms with Gasteiger partial charge in [-0.25, -0.2) is 0 Å². The van der Waals surface area contributed by atoms with Crippen molar-refractivity contribution in [3.63, 3.8) is 0 Å².